The third kappa shape index (κ3) is 1.90. The van der Waals surface area contributed by atoms with Crippen LogP contribution in [0.15, 0.2) is 0 Å². The summed E-state index contributed by atoms with van der Waals surface area (Å²) in [6.07, 6.45) is 1.40. The van der Waals surface area contributed by atoms with E-state index in [0.717, 1.165) is 12.2 Å². The van der Waals surface area contributed by atoms with E-state index in [-0.39, 0.29) is 0 Å². The summed E-state index contributed by atoms with van der Waals surface area (Å²) in [6.45, 7) is 0. The second-order valence-electron chi connectivity index (χ2n) is 2.54. The van der Waals surface area contributed by atoms with E-state index in [2.05, 4.69) is 12.6 Å². The Hall–Kier alpha value is -0.180. The molecule has 1 saturated carbocycles. The van der Waals surface area contributed by atoms with Crippen molar-refractivity contribution in [2.75, 3.05) is 5.75 Å². The number of carboxylic acids is 1. The van der Waals surface area contributed by atoms with Crippen molar-refractivity contribution in [3.05, 3.63) is 0 Å². The third-order valence-electron chi connectivity index (χ3n) is 1.74. The molecule has 0 saturated heterocycles. The highest BCUT2D eigenvalue weighted by atomic mass is 32.1. The lowest BCUT2D eigenvalue weighted by molar-refractivity contribution is -0.137. The molecule has 0 aliphatic heterocycles. The molecular formula is C6H10O2S. The maximum absolute atomic E-state index is 10.1. The van der Waals surface area contributed by atoms with Crippen molar-refractivity contribution in [1.82, 2.24) is 0 Å². The smallest absolute Gasteiger partial charge is 0.303 e. The lowest BCUT2D eigenvalue weighted by atomic mass is 10.2. The number of carbonyl (C=O) groups is 1. The number of carboxylic acid groups (broad SMARTS) is 1. The molecule has 2 unspecified atom stereocenters. The molecule has 3 heteroatoms. The molecule has 1 aliphatic rings. The summed E-state index contributed by atoms with van der Waals surface area (Å²) < 4.78 is 0. The number of rotatable bonds is 3. The summed E-state index contributed by atoms with van der Waals surface area (Å²) in [6, 6.07) is 0. The second-order valence-corrected chi connectivity index (χ2v) is 2.90. The molecule has 1 N–H and O–H groups in total. The largest absolute Gasteiger partial charge is 0.481 e. The van der Waals surface area contributed by atoms with Gasteiger partial charge in [0.25, 0.3) is 0 Å². The van der Waals surface area contributed by atoms with Gasteiger partial charge in [0.1, 0.15) is 0 Å². The van der Waals surface area contributed by atoms with E-state index < -0.39 is 5.97 Å². The van der Waals surface area contributed by atoms with Crippen LogP contribution in [0, 0.1) is 11.8 Å². The third-order valence-corrected chi connectivity index (χ3v) is 2.21. The Morgan fingerprint density at radius 1 is 1.67 bits per heavy atom. The van der Waals surface area contributed by atoms with Crippen LogP contribution in [0.4, 0.5) is 0 Å². The summed E-state index contributed by atoms with van der Waals surface area (Å²) in [5.41, 5.74) is 0. The number of thiol groups is 1. The minimum absolute atomic E-state index is 0.339. The number of aliphatic carboxylic acids is 1. The van der Waals surface area contributed by atoms with Crippen LogP contribution in [0.3, 0.4) is 0 Å². The van der Waals surface area contributed by atoms with Crippen LogP contribution in [-0.2, 0) is 4.79 Å². The minimum atomic E-state index is -0.677. The molecule has 0 aromatic carbocycles. The Kier molecular flexibility index (Phi) is 2.01. The van der Waals surface area contributed by atoms with Gasteiger partial charge in [-0.05, 0) is 24.0 Å². The van der Waals surface area contributed by atoms with Crippen LogP contribution in [0.5, 0.6) is 0 Å². The van der Waals surface area contributed by atoms with Crippen LogP contribution in [0.25, 0.3) is 0 Å². The lowest BCUT2D eigenvalue weighted by Gasteiger charge is -1.88. The van der Waals surface area contributed by atoms with E-state index in [1.165, 1.54) is 0 Å². The van der Waals surface area contributed by atoms with Gasteiger partial charge >= 0.3 is 5.97 Å². The molecule has 52 valence electrons. The first kappa shape index (κ1) is 6.93. The second kappa shape index (κ2) is 2.60. The molecule has 0 aromatic heterocycles. The molecule has 0 amide bonds. The molecule has 0 aromatic rings. The van der Waals surface area contributed by atoms with Gasteiger partial charge in [0.15, 0.2) is 0 Å². The molecule has 2 atom stereocenters. The Balaban J connectivity index is 2.12. The van der Waals surface area contributed by atoms with Gasteiger partial charge < -0.3 is 5.11 Å². The van der Waals surface area contributed by atoms with Crippen LogP contribution in [0.2, 0.25) is 0 Å². The van der Waals surface area contributed by atoms with Crippen LogP contribution in [0.1, 0.15) is 12.8 Å². The van der Waals surface area contributed by atoms with Gasteiger partial charge in [-0.15, -0.1) is 0 Å². The normalized spacial score (nSPS) is 32.1. The molecule has 0 radical (unpaired) electrons. The predicted molar refractivity (Wildman–Crippen MR) is 37.7 cm³/mol. The molecule has 0 spiro atoms. The Bertz CT molecular complexity index is 124. The average Bonchev–Trinajstić information content (AvgIpc) is 2.45. The molecule has 9 heavy (non-hydrogen) atoms. The highest BCUT2D eigenvalue weighted by Crippen LogP contribution is 2.41. The van der Waals surface area contributed by atoms with Gasteiger partial charge in [0.05, 0.1) is 0 Å². The van der Waals surface area contributed by atoms with E-state index in [9.17, 15) is 4.79 Å². The monoisotopic (exact) mass is 146 g/mol. The van der Waals surface area contributed by atoms with Crippen molar-refractivity contribution < 1.29 is 9.90 Å². The van der Waals surface area contributed by atoms with Crippen molar-refractivity contribution in [3.63, 3.8) is 0 Å². The highest BCUT2D eigenvalue weighted by Gasteiger charge is 2.36. The van der Waals surface area contributed by atoms with Gasteiger partial charge in [0.2, 0.25) is 0 Å². The Labute approximate surface area is 59.7 Å². The Morgan fingerprint density at radius 2 is 2.33 bits per heavy atom. The van der Waals surface area contributed by atoms with Gasteiger partial charge in [0, 0.05) is 6.42 Å². The first-order chi connectivity index (χ1) is 4.24. The van der Waals surface area contributed by atoms with Crippen molar-refractivity contribution in [2.45, 2.75) is 12.8 Å². The summed E-state index contributed by atoms with van der Waals surface area (Å²) >= 11 is 4.07. The summed E-state index contributed by atoms with van der Waals surface area (Å²) in [5.74, 6) is 1.19. The standard InChI is InChI=1S/C6H10O2S/c7-6(8)2-4-1-5(4)3-9/h4-5,9H,1-3H2,(H,7,8). The first-order valence-corrected chi connectivity index (χ1v) is 3.70. The van der Waals surface area contributed by atoms with E-state index in [0.29, 0.717) is 18.3 Å². The fraction of sp³-hybridized carbons (Fsp3) is 0.833. The van der Waals surface area contributed by atoms with Gasteiger partial charge in [-0.2, -0.15) is 12.6 Å². The van der Waals surface area contributed by atoms with E-state index in [1.54, 1.807) is 0 Å². The molecule has 1 aliphatic carbocycles. The predicted octanol–water partition coefficient (Wildman–Crippen LogP) is 1.03. The maximum atomic E-state index is 10.1. The molecule has 0 bridgehead atoms. The van der Waals surface area contributed by atoms with Crippen molar-refractivity contribution >= 4 is 18.6 Å². The summed E-state index contributed by atoms with van der Waals surface area (Å²) in [7, 11) is 0. The van der Waals surface area contributed by atoms with Crippen LogP contribution >= 0.6 is 12.6 Å². The Morgan fingerprint density at radius 3 is 2.67 bits per heavy atom. The van der Waals surface area contributed by atoms with Crippen molar-refractivity contribution in [3.8, 4) is 0 Å². The average molecular weight is 146 g/mol. The summed E-state index contributed by atoms with van der Waals surface area (Å²) in [5, 5.41) is 8.31. The number of hydrogen-bond donors (Lipinski definition) is 2. The zero-order valence-electron chi connectivity index (χ0n) is 5.08. The number of hydrogen-bond acceptors (Lipinski definition) is 2. The zero-order valence-corrected chi connectivity index (χ0v) is 5.97. The van der Waals surface area contributed by atoms with Gasteiger partial charge in [-0.3, -0.25) is 4.79 Å². The van der Waals surface area contributed by atoms with E-state index in [4.69, 9.17) is 5.11 Å². The molecule has 2 nitrogen and oxygen atoms in total. The fourth-order valence-corrected chi connectivity index (χ4v) is 1.46. The van der Waals surface area contributed by atoms with E-state index in [1.807, 2.05) is 0 Å². The zero-order chi connectivity index (χ0) is 6.85. The van der Waals surface area contributed by atoms with Crippen LogP contribution < -0.4 is 0 Å². The quantitative estimate of drug-likeness (QED) is 0.583. The van der Waals surface area contributed by atoms with Crippen molar-refractivity contribution in [1.29, 1.82) is 0 Å². The molecule has 1 rings (SSSR count). The SMILES string of the molecule is O=C(O)CC1CC1CS. The topological polar surface area (TPSA) is 37.3 Å². The highest BCUT2D eigenvalue weighted by molar-refractivity contribution is 7.80. The van der Waals surface area contributed by atoms with Gasteiger partial charge in [-0.1, -0.05) is 0 Å². The lowest BCUT2D eigenvalue weighted by Crippen LogP contribution is -1.96. The van der Waals surface area contributed by atoms with Crippen LogP contribution in [-0.4, -0.2) is 16.8 Å². The maximum Gasteiger partial charge on any atom is 0.303 e. The fourth-order valence-electron chi connectivity index (χ4n) is 1.01. The first-order valence-electron chi connectivity index (χ1n) is 3.06. The molecular weight excluding hydrogens is 136 g/mol. The summed E-state index contributed by atoms with van der Waals surface area (Å²) in [4.78, 5) is 10.1. The van der Waals surface area contributed by atoms with Gasteiger partial charge in [-0.25, -0.2) is 0 Å². The minimum Gasteiger partial charge on any atom is -0.481 e. The van der Waals surface area contributed by atoms with E-state index >= 15 is 0 Å². The van der Waals surface area contributed by atoms with Crippen molar-refractivity contribution in [2.24, 2.45) is 11.8 Å². The molecule has 1 fully saturated rings. The molecule has 0 heterocycles.